The number of rotatable bonds is 1. The van der Waals surface area contributed by atoms with Crippen molar-refractivity contribution in [2.45, 2.75) is 12.8 Å². The zero-order valence-electron chi connectivity index (χ0n) is 6.00. The van der Waals surface area contributed by atoms with Gasteiger partial charge in [-0.2, -0.15) is 5.26 Å². The fraction of sp³-hybridized carbons (Fsp3) is 0.714. The van der Waals surface area contributed by atoms with Crippen LogP contribution in [0.2, 0.25) is 0 Å². The van der Waals surface area contributed by atoms with Crippen molar-refractivity contribution in [2.75, 3.05) is 13.2 Å². The number of aliphatic carboxylic acids is 1. The normalized spacial score (nSPS) is 22.1. The van der Waals surface area contributed by atoms with Gasteiger partial charge in [0.05, 0.1) is 12.0 Å². The van der Waals surface area contributed by atoms with Crippen LogP contribution in [-0.2, 0) is 9.53 Å². The van der Waals surface area contributed by atoms with Crippen LogP contribution in [0, 0.1) is 16.7 Å². The van der Waals surface area contributed by atoms with Crippen LogP contribution in [0.5, 0.6) is 0 Å². The summed E-state index contributed by atoms with van der Waals surface area (Å²) in [6, 6.07) is 1.77. The summed E-state index contributed by atoms with van der Waals surface area (Å²) < 4.78 is 4.93. The molecule has 0 N–H and O–H groups in total. The Labute approximate surface area is 64.4 Å². The first-order valence-corrected chi connectivity index (χ1v) is 3.42. The molecule has 0 aromatic heterocycles. The third-order valence-corrected chi connectivity index (χ3v) is 1.95. The van der Waals surface area contributed by atoms with Crippen LogP contribution in [0.3, 0.4) is 0 Å². The summed E-state index contributed by atoms with van der Waals surface area (Å²) >= 11 is 0. The van der Waals surface area contributed by atoms with Gasteiger partial charge in [-0.25, -0.2) is 0 Å². The molecule has 0 saturated carbocycles. The third kappa shape index (κ3) is 1.33. The van der Waals surface area contributed by atoms with E-state index in [4.69, 9.17) is 10.00 Å². The van der Waals surface area contributed by atoms with Crippen LogP contribution in [0.25, 0.3) is 0 Å². The van der Waals surface area contributed by atoms with Gasteiger partial charge in [0.2, 0.25) is 0 Å². The number of ether oxygens (including phenoxy) is 1. The summed E-state index contributed by atoms with van der Waals surface area (Å²) in [4.78, 5) is 10.5. The van der Waals surface area contributed by atoms with Gasteiger partial charge >= 0.3 is 0 Å². The molecule has 4 heteroatoms. The fourth-order valence-electron chi connectivity index (χ4n) is 1.08. The molecular weight excluding hydrogens is 146 g/mol. The van der Waals surface area contributed by atoms with Gasteiger partial charge in [0, 0.05) is 13.2 Å². The SMILES string of the molecule is N#CC1(C(=O)[O-])CCOCC1. The summed E-state index contributed by atoms with van der Waals surface area (Å²) in [5.41, 5.74) is -1.29. The second kappa shape index (κ2) is 2.89. The predicted molar refractivity (Wildman–Crippen MR) is 33.1 cm³/mol. The number of carbonyl (C=O) groups excluding carboxylic acids is 1. The minimum atomic E-state index is -1.29. The van der Waals surface area contributed by atoms with Crippen molar-refractivity contribution >= 4 is 5.97 Å². The summed E-state index contributed by atoms with van der Waals surface area (Å²) in [6.07, 6.45) is 0.484. The monoisotopic (exact) mass is 154 g/mol. The Hall–Kier alpha value is -1.08. The topological polar surface area (TPSA) is 73.2 Å². The number of hydrogen-bond donors (Lipinski definition) is 0. The van der Waals surface area contributed by atoms with E-state index in [1.54, 1.807) is 6.07 Å². The van der Waals surface area contributed by atoms with Crippen LogP contribution in [0.1, 0.15) is 12.8 Å². The van der Waals surface area contributed by atoms with Crippen molar-refractivity contribution in [1.29, 1.82) is 5.26 Å². The largest absolute Gasteiger partial charge is 0.548 e. The second-order valence-electron chi connectivity index (χ2n) is 2.59. The zero-order valence-corrected chi connectivity index (χ0v) is 6.00. The lowest BCUT2D eigenvalue weighted by Crippen LogP contribution is -2.44. The molecule has 1 fully saturated rings. The third-order valence-electron chi connectivity index (χ3n) is 1.95. The summed E-state index contributed by atoms with van der Waals surface area (Å²) in [6.45, 7) is 0.670. The van der Waals surface area contributed by atoms with E-state index in [1.165, 1.54) is 0 Å². The lowest BCUT2D eigenvalue weighted by molar-refractivity contribution is -0.318. The molecular formula is C7H8NO3-. The lowest BCUT2D eigenvalue weighted by atomic mass is 9.82. The number of nitriles is 1. The van der Waals surface area contributed by atoms with Crippen molar-refractivity contribution < 1.29 is 14.6 Å². The first kappa shape index (κ1) is 8.02. The highest BCUT2D eigenvalue weighted by molar-refractivity contribution is 5.76. The van der Waals surface area contributed by atoms with Crippen LogP contribution in [0.4, 0.5) is 0 Å². The zero-order chi connectivity index (χ0) is 8.32. The number of hydrogen-bond acceptors (Lipinski definition) is 4. The van der Waals surface area contributed by atoms with Gasteiger partial charge in [0.1, 0.15) is 5.41 Å². The van der Waals surface area contributed by atoms with E-state index in [0.29, 0.717) is 13.2 Å². The highest BCUT2D eigenvalue weighted by atomic mass is 16.5. The van der Waals surface area contributed by atoms with Gasteiger partial charge in [-0.1, -0.05) is 0 Å². The molecule has 1 aliphatic heterocycles. The number of carboxylic acids is 1. The van der Waals surface area contributed by atoms with Crippen LogP contribution >= 0.6 is 0 Å². The highest BCUT2D eigenvalue weighted by Crippen LogP contribution is 2.28. The van der Waals surface area contributed by atoms with Gasteiger partial charge in [0.15, 0.2) is 0 Å². The van der Waals surface area contributed by atoms with Gasteiger partial charge in [-0.3, -0.25) is 0 Å². The van der Waals surface area contributed by atoms with Crippen molar-refractivity contribution in [2.24, 2.45) is 5.41 Å². The molecule has 0 spiro atoms. The number of nitrogens with zero attached hydrogens (tertiary/aromatic N) is 1. The van der Waals surface area contributed by atoms with E-state index in [9.17, 15) is 9.90 Å². The Morgan fingerprint density at radius 1 is 1.55 bits per heavy atom. The fourth-order valence-corrected chi connectivity index (χ4v) is 1.08. The number of carbonyl (C=O) groups is 1. The van der Waals surface area contributed by atoms with Gasteiger partial charge in [0.25, 0.3) is 0 Å². The maximum Gasteiger partial charge on any atom is 0.101 e. The van der Waals surface area contributed by atoms with Crippen molar-refractivity contribution in [3.63, 3.8) is 0 Å². The second-order valence-corrected chi connectivity index (χ2v) is 2.59. The molecule has 11 heavy (non-hydrogen) atoms. The molecule has 0 unspecified atom stereocenters. The summed E-state index contributed by atoms with van der Waals surface area (Å²) in [5, 5.41) is 19.1. The molecule has 60 valence electrons. The highest BCUT2D eigenvalue weighted by Gasteiger charge is 2.33. The van der Waals surface area contributed by atoms with Gasteiger partial charge in [-0.05, 0) is 12.8 Å². The summed E-state index contributed by atoms with van der Waals surface area (Å²) in [5.74, 6) is -1.27. The molecule has 0 bridgehead atoms. The van der Waals surface area contributed by atoms with Crippen molar-refractivity contribution in [1.82, 2.24) is 0 Å². The number of carboxylic acid groups (broad SMARTS) is 1. The molecule has 0 amide bonds. The molecule has 4 nitrogen and oxygen atoms in total. The minimum Gasteiger partial charge on any atom is -0.548 e. The molecule has 1 rings (SSSR count). The summed E-state index contributed by atoms with van der Waals surface area (Å²) in [7, 11) is 0. The average Bonchev–Trinajstić information content (AvgIpc) is 2.05. The molecule has 0 atom stereocenters. The van der Waals surface area contributed by atoms with Crippen LogP contribution in [0.15, 0.2) is 0 Å². The van der Waals surface area contributed by atoms with E-state index in [0.717, 1.165) is 0 Å². The predicted octanol–water partition coefficient (Wildman–Crippen LogP) is -0.943. The minimum absolute atomic E-state index is 0.242. The molecule has 0 aromatic rings. The molecule has 1 saturated heterocycles. The molecule has 0 aromatic carbocycles. The smallest absolute Gasteiger partial charge is 0.101 e. The van der Waals surface area contributed by atoms with E-state index in [-0.39, 0.29) is 12.8 Å². The Kier molecular flexibility index (Phi) is 2.11. The first-order chi connectivity index (χ1) is 5.21. The van der Waals surface area contributed by atoms with E-state index in [1.807, 2.05) is 0 Å². The van der Waals surface area contributed by atoms with Crippen molar-refractivity contribution in [3.05, 3.63) is 0 Å². The average molecular weight is 154 g/mol. The van der Waals surface area contributed by atoms with E-state index < -0.39 is 11.4 Å². The van der Waals surface area contributed by atoms with E-state index in [2.05, 4.69) is 0 Å². The Balaban J connectivity index is 2.75. The Bertz CT molecular complexity index is 200. The maximum atomic E-state index is 10.5. The molecule has 0 aliphatic carbocycles. The van der Waals surface area contributed by atoms with Crippen molar-refractivity contribution in [3.8, 4) is 6.07 Å². The van der Waals surface area contributed by atoms with Gasteiger partial charge in [-0.15, -0.1) is 0 Å². The molecule has 0 radical (unpaired) electrons. The van der Waals surface area contributed by atoms with E-state index >= 15 is 0 Å². The maximum absolute atomic E-state index is 10.5. The Morgan fingerprint density at radius 2 is 2.09 bits per heavy atom. The quantitative estimate of drug-likeness (QED) is 0.488. The lowest BCUT2D eigenvalue weighted by Gasteiger charge is -2.31. The Morgan fingerprint density at radius 3 is 2.36 bits per heavy atom. The van der Waals surface area contributed by atoms with Gasteiger partial charge < -0.3 is 14.6 Å². The standard InChI is InChI=1S/C7H9NO3/c8-5-7(6(9)10)1-3-11-4-2-7/h1-4H2,(H,9,10)/p-1. The molecule has 1 aliphatic rings. The van der Waals surface area contributed by atoms with Crippen LogP contribution < -0.4 is 5.11 Å². The van der Waals surface area contributed by atoms with Crippen LogP contribution in [-0.4, -0.2) is 19.2 Å². The first-order valence-electron chi connectivity index (χ1n) is 3.42. The molecule has 1 heterocycles.